The van der Waals surface area contributed by atoms with Crippen LogP contribution in [0.3, 0.4) is 0 Å². The highest BCUT2D eigenvalue weighted by Crippen LogP contribution is 2.30. The summed E-state index contributed by atoms with van der Waals surface area (Å²) in [7, 11) is 0. The van der Waals surface area contributed by atoms with Crippen LogP contribution in [-0.2, 0) is 5.33 Å². The number of hydrogen-bond donors (Lipinski definition) is 0. The van der Waals surface area contributed by atoms with Crippen molar-refractivity contribution in [3.8, 4) is 11.5 Å². The number of rotatable bonds is 3. The maximum atomic E-state index is 5.88. The second-order valence-electron chi connectivity index (χ2n) is 3.80. The van der Waals surface area contributed by atoms with Gasteiger partial charge in [-0.25, -0.2) is 0 Å². The number of hydrogen-bond acceptors (Lipinski definition) is 1. The van der Waals surface area contributed by atoms with Gasteiger partial charge < -0.3 is 4.74 Å². The van der Waals surface area contributed by atoms with E-state index >= 15 is 0 Å². The molecule has 0 spiro atoms. The molecule has 0 aliphatic carbocycles. The molecule has 0 atom stereocenters. The van der Waals surface area contributed by atoms with E-state index in [1.807, 2.05) is 42.5 Å². The van der Waals surface area contributed by atoms with Crippen molar-refractivity contribution < 1.29 is 4.74 Å². The van der Waals surface area contributed by atoms with E-state index in [2.05, 4.69) is 38.8 Å². The third-order valence-corrected chi connectivity index (χ3v) is 3.52. The predicted molar refractivity (Wildman–Crippen MR) is 78.0 cm³/mol. The number of alkyl halides is 1. The van der Waals surface area contributed by atoms with Gasteiger partial charge in [-0.2, -0.15) is 0 Å². The molecule has 0 N–H and O–H groups in total. The summed E-state index contributed by atoms with van der Waals surface area (Å²) in [5.41, 5.74) is 2.36. The smallest absolute Gasteiger partial charge is 0.132 e. The largest absolute Gasteiger partial charge is 0.457 e. The quantitative estimate of drug-likeness (QED) is 0.665. The van der Waals surface area contributed by atoms with Gasteiger partial charge in [0.05, 0.1) is 0 Å². The molecule has 17 heavy (non-hydrogen) atoms. The Morgan fingerprint density at radius 1 is 1.06 bits per heavy atom. The maximum Gasteiger partial charge on any atom is 0.132 e. The van der Waals surface area contributed by atoms with Crippen LogP contribution in [0.25, 0.3) is 0 Å². The van der Waals surface area contributed by atoms with E-state index in [-0.39, 0.29) is 0 Å². The Balaban J connectivity index is 2.28. The van der Waals surface area contributed by atoms with E-state index in [1.165, 1.54) is 5.56 Å². The van der Waals surface area contributed by atoms with Crippen LogP contribution in [0.4, 0.5) is 0 Å². The molecule has 0 aliphatic rings. The molecule has 0 fully saturated rings. The number of halogens is 2. The minimum absolute atomic E-state index is 0.779. The third kappa shape index (κ3) is 3.33. The van der Waals surface area contributed by atoms with Gasteiger partial charge in [-0.05, 0) is 31.2 Å². The lowest BCUT2D eigenvalue weighted by molar-refractivity contribution is 0.478. The average Bonchev–Trinajstić information content (AvgIpc) is 2.32. The van der Waals surface area contributed by atoms with E-state index in [1.54, 1.807) is 0 Å². The fraction of sp³-hybridized carbons (Fsp3) is 0.143. The van der Waals surface area contributed by atoms with Gasteiger partial charge in [0.25, 0.3) is 0 Å². The lowest BCUT2D eigenvalue weighted by atomic mass is 10.2. The first kappa shape index (κ1) is 12.7. The van der Waals surface area contributed by atoms with Gasteiger partial charge in [0.1, 0.15) is 11.5 Å². The molecule has 0 aliphatic heterocycles. The fourth-order valence-electron chi connectivity index (χ4n) is 1.47. The van der Waals surface area contributed by atoms with E-state index in [0.717, 1.165) is 26.9 Å². The van der Waals surface area contributed by atoms with Crippen molar-refractivity contribution in [2.24, 2.45) is 0 Å². The molecular formula is C14H12Br2O. The molecule has 0 amide bonds. The molecule has 1 nitrogen and oxygen atoms in total. The first-order chi connectivity index (χ1) is 8.19. The monoisotopic (exact) mass is 354 g/mol. The molecule has 0 saturated heterocycles. The summed E-state index contributed by atoms with van der Waals surface area (Å²) in [6.07, 6.45) is 0. The SMILES string of the molecule is Cc1ccc(Oc2cc(Br)ccc2CBr)cc1. The van der Waals surface area contributed by atoms with Crippen LogP contribution in [0.1, 0.15) is 11.1 Å². The molecule has 3 heteroatoms. The zero-order valence-corrected chi connectivity index (χ0v) is 12.6. The fourth-order valence-corrected chi connectivity index (χ4v) is 2.27. The summed E-state index contributed by atoms with van der Waals surface area (Å²) in [5.74, 6) is 1.73. The summed E-state index contributed by atoms with van der Waals surface area (Å²) in [6, 6.07) is 14.1. The summed E-state index contributed by atoms with van der Waals surface area (Å²) in [6.45, 7) is 2.06. The lowest BCUT2D eigenvalue weighted by Crippen LogP contribution is -1.89. The first-order valence-corrected chi connectivity index (χ1v) is 7.19. The van der Waals surface area contributed by atoms with Crippen molar-refractivity contribution in [3.05, 3.63) is 58.1 Å². The standard InChI is InChI=1S/C14H12Br2O/c1-10-2-6-13(7-3-10)17-14-8-12(16)5-4-11(14)9-15/h2-8H,9H2,1H3. The van der Waals surface area contributed by atoms with Crippen molar-refractivity contribution in [2.75, 3.05) is 0 Å². The number of benzene rings is 2. The molecular weight excluding hydrogens is 344 g/mol. The summed E-state index contributed by atoms with van der Waals surface area (Å²) in [4.78, 5) is 0. The topological polar surface area (TPSA) is 9.23 Å². The number of aryl methyl sites for hydroxylation is 1. The minimum Gasteiger partial charge on any atom is -0.457 e. The molecule has 0 unspecified atom stereocenters. The van der Waals surface area contributed by atoms with Crippen LogP contribution in [0.15, 0.2) is 46.9 Å². The third-order valence-electron chi connectivity index (χ3n) is 2.42. The molecule has 0 heterocycles. The second kappa shape index (κ2) is 5.69. The van der Waals surface area contributed by atoms with Crippen LogP contribution in [0, 0.1) is 6.92 Å². The summed E-state index contributed by atoms with van der Waals surface area (Å²) < 4.78 is 6.89. The molecule has 0 saturated carbocycles. The molecule has 88 valence electrons. The van der Waals surface area contributed by atoms with Gasteiger partial charge in [-0.15, -0.1) is 0 Å². The highest BCUT2D eigenvalue weighted by Gasteiger charge is 2.04. The Morgan fingerprint density at radius 2 is 1.76 bits per heavy atom. The molecule has 0 radical (unpaired) electrons. The van der Waals surface area contributed by atoms with Crippen LogP contribution in [0.2, 0.25) is 0 Å². The highest BCUT2D eigenvalue weighted by atomic mass is 79.9. The Morgan fingerprint density at radius 3 is 2.41 bits per heavy atom. The van der Waals surface area contributed by atoms with E-state index < -0.39 is 0 Å². The van der Waals surface area contributed by atoms with E-state index in [9.17, 15) is 0 Å². The normalized spacial score (nSPS) is 10.3. The van der Waals surface area contributed by atoms with Crippen LogP contribution in [-0.4, -0.2) is 0 Å². The van der Waals surface area contributed by atoms with E-state index in [0.29, 0.717) is 0 Å². The van der Waals surface area contributed by atoms with Gasteiger partial charge in [0, 0.05) is 15.4 Å². The van der Waals surface area contributed by atoms with Crippen molar-refractivity contribution in [1.82, 2.24) is 0 Å². The van der Waals surface area contributed by atoms with Gasteiger partial charge in [-0.1, -0.05) is 55.6 Å². The Bertz CT molecular complexity index is 506. The molecule has 2 aromatic rings. The van der Waals surface area contributed by atoms with Gasteiger partial charge >= 0.3 is 0 Å². The first-order valence-electron chi connectivity index (χ1n) is 5.28. The molecule has 2 aromatic carbocycles. The lowest BCUT2D eigenvalue weighted by Gasteiger charge is -2.10. The average molecular weight is 356 g/mol. The Kier molecular flexibility index (Phi) is 4.24. The molecule has 0 aromatic heterocycles. The van der Waals surface area contributed by atoms with Gasteiger partial charge in [-0.3, -0.25) is 0 Å². The zero-order valence-electron chi connectivity index (χ0n) is 9.41. The summed E-state index contributed by atoms with van der Waals surface area (Å²) in [5, 5.41) is 0.779. The highest BCUT2D eigenvalue weighted by molar-refractivity contribution is 9.10. The molecule has 2 rings (SSSR count). The maximum absolute atomic E-state index is 5.88. The van der Waals surface area contributed by atoms with Gasteiger partial charge in [0.2, 0.25) is 0 Å². The minimum atomic E-state index is 0.779. The van der Waals surface area contributed by atoms with Crippen molar-refractivity contribution in [2.45, 2.75) is 12.3 Å². The van der Waals surface area contributed by atoms with Crippen LogP contribution < -0.4 is 4.74 Å². The van der Waals surface area contributed by atoms with Crippen molar-refractivity contribution in [1.29, 1.82) is 0 Å². The van der Waals surface area contributed by atoms with Crippen LogP contribution in [0.5, 0.6) is 11.5 Å². The Hall–Kier alpha value is -0.800. The van der Waals surface area contributed by atoms with Gasteiger partial charge in [0.15, 0.2) is 0 Å². The second-order valence-corrected chi connectivity index (χ2v) is 5.28. The summed E-state index contributed by atoms with van der Waals surface area (Å²) >= 11 is 6.92. The van der Waals surface area contributed by atoms with Crippen molar-refractivity contribution >= 4 is 31.9 Å². The van der Waals surface area contributed by atoms with Crippen LogP contribution >= 0.6 is 31.9 Å². The number of ether oxygens (including phenoxy) is 1. The van der Waals surface area contributed by atoms with E-state index in [4.69, 9.17) is 4.74 Å². The van der Waals surface area contributed by atoms with Crippen molar-refractivity contribution in [3.63, 3.8) is 0 Å². The zero-order chi connectivity index (χ0) is 12.3. The predicted octanol–water partition coefficient (Wildman–Crippen LogP) is 5.44. The molecule has 0 bridgehead atoms. The Labute approximate surface area is 118 Å².